The van der Waals surface area contributed by atoms with Gasteiger partial charge in [-0.3, -0.25) is 14.4 Å². The first-order valence-corrected chi connectivity index (χ1v) is 14.8. The predicted molar refractivity (Wildman–Crippen MR) is 146 cm³/mol. The number of benzene rings is 1. The molecule has 0 spiro atoms. The van der Waals surface area contributed by atoms with E-state index in [1.165, 1.54) is 0 Å². The molecule has 0 bridgehead atoms. The van der Waals surface area contributed by atoms with Crippen molar-refractivity contribution < 1.29 is 37.4 Å². The molecule has 1 aromatic heterocycles. The average Bonchev–Trinajstić information content (AvgIpc) is 3.52. The first-order valence-electron chi connectivity index (χ1n) is 14.0. The van der Waals surface area contributed by atoms with Crippen molar-refractivity contribution in [2.24, 2.45) is 18.4 Å². The van der Waals surface area contributed by atoms with Crippen LogP contribution in [0.5, 0.6) is 5.75 Å². The summed E-state index contributed by atoms with van der Waals surface area (Å²) in [6.07, 6.45) is -0.920. The smallest absolute Gasteiger partial charge is 0.435 e. The molecule has 3 atom stereocenters. The van der Waals surface area contributed by atoms with Crippen LogP contribution in [0.2, 0.25) is 0 Å². The number of rotatable bonds is 7. The highest BCUT2D eigenvalue weighted by atomic mass is 79.9. The number of alkyl halides is 3. The molecular weight excluding hydrogens is 623 g/mol. The molecule has 3 aliphatic rings. The van der Waals surface area contributed by atoms with E-state index in [1.807, 2.05) is 0 Å². The number of aromatic nitrogens is 3. The van der Waals surface area contributed by atoms with Gasteiger partial charge in [-0.15, -0.1) is 5.10 Å². The largest absolute Gasteiger partial charge is 0.487 e. The summed E-state index contributed by atoms with van der Waals surface area (Å²) in [7, 11) is 1.16. The fourth-order valence-corrected chi connectivity index (χ4v) is 7.19. The molecule has 2 fully saturated rings. The number of carboxylic acids is 1. The van der Waals surface area contributed by atoms with E-state index >= 15 is 0 Å². The van der Waals surface area contributed by atoms with E-state index in [4.69, 9.17) is 4.74 Å². The van der Waals surface area contributed by atoms with E-state index in [-0.39, 0.29) is 29.8 Å². The number of likely N-dealkylation sites (tertiary alicyclic amines) is 1. The van der Waals surface area contributed by atoms with Gasteiger partial charge < -0.3 is 19.6 Å². The fraction of sp³-hybridized carbons (Fsp3) is 0.607. The van der Waals surface area contributed by atoms with Crippen LogP contribution in [0, 0.1) is 11.3 Å². The Hall–Kier alpha value is -3.16. The van der Waals surface area contributed by atoms with E-state index in [2.05, 4.69) is 26.2 Å². The number of ether oxygens (including phenoxy) is 1. The Labute approximate surface area is 249 Å². The topological polar surface area (TPSA) is 118 Å². The number of carbonyl (C=O) groups excluding carboxylic acids is 2. The minimum atomic E-state index is -4.69. The molecule has 228 valence electrons. The highest BCUT2D eigenvalue weighted by Gasteiger charge is 2.50. The fourth-order valence-electron chi connectivity index (χ4n) is 6.64. The van der Waals surface area contributed by atoms with E-state index in [0.717, 1.165) is 23.5 Å². The number of aliphatic carboxylic acids is 1. The summed E-state index contributed by atoms with van der Waals surface area (Å²) in [5, 5.41) is 17.3. The van der Waals surface area contributed by atoms with E-state index in [0.29, 0.717) is 61.9 Å². The molecule has 3 heterocycles. The highest BCUT2D eigenvalue weighted by Crippen LogP contribution is 2.46. The summed E-state index contributed by atoms with van der Waals surface area (Å²) in [4.78, 5) is 42.6. The van der Waals surface area contributed by atoms with Gasteiger partial charge in [-0.05, 0) is 50.3 Å². The predicted octanol–water partition coefficient (Wildman–Crippen LogP) is 4.50. The highest BCUT2D eigenvalue weighted by molar-refractivity contribution is 9.10. The maximum absolute atomic E-state index is 14.2. The third-order valence-corrected chi connectivity index (χ3v) is 9.69. The quantitative estimate of drug-likeness (QED) is 0.467. The third kappa shape index (κ3) is 5.49. The molecule has 1 unspecified atom stereocenters. The van der Waals surface area contributed by atoms with Crippen molar-refractivity contribution in [3.05, 3.63) is 39.1 Å². The van der Waals surface area contributed by atoms with Gasteiger partial charge in [0.05, 0.1) is 17.4 Å². The Morgan fingerprint density at radius 1 is 1.19 bits per heavy atom. The lowest BCUT2D eigenvalue weighted by molar-refractivity contribution is -0.162. The molecule has 1 saturated heterocycles. The van der Waals surface area contributed by atoms with Gasteiger partial charge in [-0.2, -0.15) is 13.2 Å². The van der Waals surface area contributed by atoms with E-state index in [1.54, 1.807) is 28.9 Å². The number of hydrogen-bond donors (Lipinski definition) is 1. The summed E-state index contributed by atoms with van der Waals surface area (Å²) in [6, 6.07) is 2.69. The summed E-state index contributed by atoms with van der Waals surface area (Å²) >= 11 is 3.58. The summed E-state index contributed by atoms with van der Waals surface area (Å²) in [5.74, 6) is -1.82. The molecule has 0 radical (unpaired) electrons. The van der Waals surface area contributed by atoms with Crippen LogP contribution < -0.4 is 4.74 Å². The molecule has 14 heteroatoms. The van der Waals surface area contributed by atoms with Crippen molar-refractivity contribution in [2.75, 3.05) is 19.6 Å². The zero-order valence-electron chi connectivity index (χ0n) is 23.4. The van der Waals surface area contributed by atoms with Crippen LogP contribution in [0.25, 0.3) is 0 Å². The molecule has 2 amide bonds. The molecule has 1 N–H and O–H groups in total. The van der Waals surface area contributed by atoms with Gasteiger partial charge in [0, 0.05) is 43.1 Å². The normalized spacial score (nSPS) is 24.6. The van der Waals surface area contributed by atoms with Gasteiger partial charge >= 0.3 is 12.1 Å². The first kappa shape index (κ1) is 30.3. The lowest BCUT2D eigenvalue weighted by Crippen LogP contribution is -2.52. The van der Waals surface area contributed by atoms with Gasteiger partial charge in [0.25, 0.3) is 0 Å². The van der Waals surface area contributed by atoms with Crippen molar-refractivity contribution in [3.63, 3.8) is 0 Å². The number of hydrogen-bond acceptors (Lipinski definition) is 6. The number of carbonyl (C=O) groups is 3. The monoisotopic (exact) mass is 655 g/mol. The summed E-state index contributed by atoms with van der Waals surface area (Å²) in [6.45, 7) is 2.09. The minimum absolute atomic E-state index is 0.0468. The summed E-state index contributed by atoms with van der Waals surface area (Å²) < 4.78 is 48.4. The number of aryl methyl sites for hydroxylation is 1. The van der Waals surface area contributed by atoms with Crippen LogP contribution >= 0.6 is 15.9 Å². The molecule has 10 nitrogen and oxygen atoms in total. The second-order valence-corrected chi connectivity index (χ2v) is 12.3. The van der Waals surface area contributed by atoms with Crippen LogP contribution in [0.3, 0.4) is 0 Å². The van der Waals surface area contributed by atoms with E-state index in [9.17, 15) is 32.7 Å². The van der Waals surface area contributed by atoms with Crippen molar-refractivity contribution in [1.29, 1.82) is 0 Å². The molecule has 2 aliphatic heterocycles. The number of halogens is 4. The third-order valence-electron chi connectivity index (χ3n) is 8.94. The molecule has 42 heavy (non-hydrogen) atoms. The standard InChI is InChI=1S/C28H33BrF3N5O5/c1-27(26(40)41)11-4-3-6-17(27)25(39)37-13-10-16-18(29)8-9-21(23(16)20(37)14-36-12-5-7-22(36)38)42-15-19-24(28(30,31)32)35(2)34-33-19/h8-9,17,20H,3-7,10-15H2,1-2H3,(H,40,41)/t17?,20-,27-/m1/s1. The van der Waals surface area contributed by atoms with Crippen LogP contribution in [0.4, 0.5) is 13.2 Å². The van der Waals surface area contributed by atoms with Crippen LogP contribution in [0.15, 0.2) is 16.6 Å². The number of amides is 2. The number of nitrogens with zero attached hydrogens (tertiary/aromatic N) is 5. The second-order valence-electron chi connectivity index (χ2n) is 11.5. The summed E-state index contributed by atoms with van der Waals surface area (Å²) in [5.41, 5.74) is -1.20. The molecular formula is C28H33BrF3N5O5. The van der Waals surface area contributed by atoms with E-state index < -0.39 is 41.8 Å². The lowest BCUT2D eigenvalue weighted by Gasteiger charge is -2.45. The Kier molecular flexibility index (Phi) is 8.29. The van der Waals surface area contributed by atoms with Crippen molar-refractivity contribution in [3.8, 4) is 5.75 Å². The van der Waals surface area contributed by atoms with Crippen molar-refractivity contribution in [2.45, 2.75) is 70.7 Å². The Bertz CT molecular complexity index is 1400. The zero-order chi connectivity index (χ0) is 30.4. The molecule has 1 aliphatic carbocycles. The van der Waals surface area contributed by atoms with Crippen LogP contribution in [0.1, 0.15) is 74.0 Å². The van der Waals surface area contributed by atoms with Gasteiger partial charge in [0.15, 0.2) is 5.69 Å². The second kappa shape index (κ2) is 11.5. The number of carboxylic acid groups (broad SMARTS) is 1. The zero-order valence-corrected chi connectivity index (χ0v) is 25.0. The van der Waals surface area contributed by atoms with Gasteiger partial charge in [0.1, 0.15) is 18.1 Å². The Morgan fingerprint density at radius 2 is 1.95 bits per heavy atom. The Morgan fingerprint density at radius 3 is 2.62 bits per heavy atom. The van der Waals surface area contributed by atoms with Gasteiger partial charge in [-0.1, -0.05) is 34.0 Å². The SMILES string of the molecule is Cn1nnc(COc2ccc(Br)c3c2[C@@H](CN2CCCC2=O)N(C(=O)C2CCCC[C@@]2(C)C(=O)O)CC3)c1C(F)(F)F. The van der Waals surface area contributed by atoms with Gasteiger partial charge in [0.2, 0.25) is 11.8 Å². The maximum Gasteiger partial charge on any atom is 0.435 e. The Balaban J connectivity index is 1.54. The number of fused-ring (bicyclic) bond motifs is 1. The van der Waals surface area contributed by atoms with Crippen molar-refractivity contribution >= 4 is 33.7 Å². The van der Waals surface area contributed by atoms with Gasteiger partial charge in [-0.25, -0.2) is 4.68 Å². The molecule has 2 aromatic rings. The molecule has 5 rings (SSSR count). The maximum atomic E-state index is 14.2. The average molecular weight is 657 g/mol. The van der Waals surface area contributed by atoms with Crippen LogP contribution in [-0.2, 0) is 40.6 Å². The van der Waals surface area contributed by atoms with Crippen LogP contribution in [-0.4, -0.2) is 67.3 Å². The lowest BCUT2D eigenvalue weighted by atomic mass is 9.66. The molecule has 1 saturated carbocycles. The minimum Gasteiger partial charge on any atom is -0.487 e. The first-order chi connectivity index (χ1) is 19.8. The van der Waals surface area contributed by atoms with Crippen molar-refractivity contribution in [1.82, 2.24) is 24.8 Å². The molecule has 1 aromatic carbocycles.